The third-order valence-corrected chi connectivity index (χ3v) is 3.72. The summed E-state index contributed by atoms with van der Waals surface area (Å²) in [5.74, 6) is 0.830. The smallest absolute Gasteiger partial charge is 0.207 e. The molecular weight excluding hydrogens is 377 g/mol. The first-order valence-electron chi connectivity index (χ1n) is 5.94. The minimum absolute atomic E-state index is 0.739. The van der Waals surface area contributed by atoms with Gasteiger partial charge in [-0.05, 0) is 47.2 Å². The van der Waals surface area contributed by atoms with Crippen LogP contribution >= 0.6 is 34.2 Å². The summed E-state index contributed by atoms with van der Waals surface area (Å²) >= 11 is 8.25. The maximum atomic E-state index is 5.98. The SMILES string of the molecule is COCCCNc1nccn1-c1ccc(Cl)cc1I. The predicted octanol–water partition coefficient (Wildman–Crippen LogP) is 3.58. The van der Waals surface area contributed by atoms with Gasteiger partial charge in [0.25, 0.3) is 0 Å². The number of hydrogen-bond donors (Lipinski definition) is 1. The normalized spacial score (nSPS) is 10.7. The molecule has 0 aliphatic rings. The van der Waals surface area contributed by atoms with Gasteiger partial charge in [0.1, 0.15) is 0 Å². The van der Waals surface area contributed by atoms with E-state index in [9.17, 15) is 0 Å². The van der Waals surface area contributed by atoms with Crippen molar-refractivity contribution in [3.63, 3.8) is 0 Å². The molecule has 1 N–H and O–H groups in total. The van der Waals surface area contributed by atoms with Gasteiger partial charge in [0.15, 0.2) is 0 Å². The molecule has 1 aromatic heterocycles. The van der Waals surface area contributed by atoms with Gasteiger partial charge in [-0.25, -0.2) is 4.98 Å². The maximum absolute atomic E-state index is 5.98. The molecule has 1 aromatic carbocycles. The van der Waals surface area contributed by atoms with Crippen molar-refractivity contribution in [1.29, 1.82) is 0 Å². The van der Waals surface area contributed by atoms with Crippen molar-refractivity contribution in [2.24, 2.45) is 0 Å². The van der Waals surface area contributed by atoms with Gasteiger partial charge in [-0.2, -0.15) is 0 Å². The van der Waals surface area contributed by atoms with Crippen molar-refractivity contribution in [2.45, 2.75) is 6.42 Å². The Bertz CT molecular complexity index is 544. The van der Waals surface area contributed by atoms with Crippen LogP contribution in [-0.4, -0.2) is 29.8 Å². The summed E-state index contributed by atoms with van der Waals surface area (Å²) in [4.78, 5) is 4.33. The molecule has 0 aliphatic heterocycles. The fraction of sp³-hybridized carbons (Fsp3) is 0.308. The molecule has 6 heteroatoms. The standard InChI is InChI=1S/C13H15ClIN3O/c1-19-8-2-5-16-13-17-6-7-18(13)12-4-3-10(14)9-11(12)15/h3-4,6-7,9H,2,5,8H2,1H3,(H,16,17). The van der Waals surface area contributed by atoms with E-state index in [4.69, 9.17) is 16.3 Å². The van der Waals surface area contributed by atoms with E-state index in [0.717, 1.165) is 39.8 Å². The van der Waals surface area contributed by atoms with Crippen molar-refractivity contribution >= 4 is 40.1 Å². The second kappa shape index (κ2) is 7.12. The van der Waals surface area contributed by atoms with E-state index in [-0.39, 0.29) is 0 Å². The number of anilines is 1. The van der Waals surface area contributed by atoms with Gasteiger partial charge >= 0.3 is 0 Å². The Morgan fingerprint density at radius 1 is 1.47 bits per heavy atom. The summed E-state index contributed by atoms with van der Waals surface area (Å²) in [6, 6.07) is 5.81. The minimum atomic E-state index is 0.739. The third kappa shape index (κ3) is 3.84. The van der Waals surface area contributed by atoms with Gasteiger partial charge in [-0.15, -0.1) is 0 Å². The Morgan fingerprint density at radius 3 is 3.05 bits per heavy atom. The number of halogens is 2. The maximum Gasteiger partial charge on any atom is 0.207 e. The van der Waals surface area contributed by atoms with Crippen LogP contribution in [-0.2, 0) is 4.74 Å². The molecule has 0 saturated carbocycles. The van der Waals surface area contributed by atoms with Crippen molar-refractivity contribution < 1.29 is 4.74 Å². The Morgan fingerprint density at radius 2 is 2.32 bits per heavy atom. The topological polar surface area (TPSA) is 39.1 Å². The first-order chi connectivity index (χ1) is 9.22. The number of nitrogens with zero attached hydrogens (tertiary/aromatic N) is 2. The molecule has 1 heterocycles. The van der Waals surface area contributed by atoms with Crippen LogP contribution < -0.4 is 5.32 Å². The third-order valence-electron chi connectivity index (χ3n) is 2.62. The van der Waals surface area contributed by atoms with E-state index in [1.165, 1.54) is 0 Å². The summed E-state index contributed by atoms with van der Waals surface area (Å²) in [7, 11) is 1.71. The lowest BCUT2D eigenvalue weighted by Gasteiger charge is -2.11. The number of benzene rings is 1. The molecular formula is C13H15ClIN3O. The number of nitrogens with one attached hydrogen (secondary N) is 1. The number of hydrogen-bond acceptors (Lipinski definition) is 3. The number of methoxy groups -OCH3 is 1. The van der Waals surface area contributed by atoms with E-state index in [0.29, 0.717) is 0 Å². The lowest BCUT2D eigenvalue weighted by atomic mass is 10.3. The second-order valence-corrected chi connectivity index (χ2v) is 5.59. The fourth-order valence-corrected chi connectivity index (χ4v) is 2.85. The van der Waals surface area contributed by atoms with Crippen molar-refractivity contribution in [3.8, 4) is 5.69 Å². The fourth-order valence-electron chi connectivity index (χ4n) is 1.72. The highest BCUT2D eigenvalue weighted by Crippen LogP contribution is 2.23. The highest BCUT2D eigenvalue weighted by molar-refractivity contribution is 14.1. The van der Waals surface area contributed by atoms with Gasteiger partial charge in [0, 0.05) is 41.2 Å². The van der Waals surface area contributed by atoms with Crippen LogP contribution in [0.2, 0.25) is 5.02 Å². The summed E-state index contributed by atoms with van der Waals surface area (Å²) in [6.45, 7) is 1.57. The molecule has 0 bridgehead atoms. The molecule has 0 radical (unpaired) electrons. The molecule has 0 amide bonds. The van der Waals surface area contributed by atoms with E-state index < -0.39 is 0 Å². The Labute approximate surface area is 131 Å². The molecule has 19 heavy (non-hydrogen) atoms. The Kier molecular flexibility index (Phi) is 5.47. The minimum Gasteiger partial charge on any atom is -0.385 e. The first kappa shape index (κ1) is 14.6. The van der Waals surface area contributed by atoms with Gasteiger partial charge in [0.05, 0.1) is 5.69 Å². The Hall–Kier alpha value is -0.790. The summed E-state index contributed by atoms with van der Waals surface area (Å²) in [5.41, 5.74) is 1.07. The molecule has 0 aliphatic carbocycles. The number of imidazole rings is 1. The average Bonchev–Trinajstić information content (AvgIpc) is 2.83. The predicted molar refractivity (Wildman–Crippen MR) is 86.3 cm³/mol. The average molecular weight is 392 g/mol. The van der Waals surface area contributed by atoms with Crippen molar-refractivity contribution in [3.05, 3.63) is 39.2 Å². The molecule has 2 rings (SSSR count). The first-order valence-corrected chi connectivity index (χ1v) is 7.39. The molecule has 0 spiro atoms. The molecule has 102 valence electrons. The van der Waals surface area contributed by atoms with Gasteiger partial charge in [0.2, 0.25) is 5.95 Å². The van der Waals surface area contributed by atoms with Crippen LogP contribution in [0, 0.1) is 3.57 Å². The van der Waals surface area contributed by atoms with Gasteiger partial charge < -0.3 is 10.1 Å². The van der Waals surface area contributed by atoms with Gasteiger partial charge in [-0.3, -0.25) is 4.57 Å². The molecule has 0 atom stereocenters. The summed E-state index contributed by atoms with van der Waals surface area (Å²) in [5, 5.41) is 4.04. The lowest BCUT2D eigenvalue weighted by molar-refractivity contribution is 0.197. The zero-order valence-corrected chi connectivity index (χ0v) is 13.5. The molecule has 0 fully saturated rings. The van der Waals surface area contributed by atoms with E-state index in [1.54, 1.807) is 13.3 Å². The zero-order chi connectivity index (χ0) is 13.7. The highest BCUT2D eigenvalue weighted by Gasteiger charge is 2.08. The Balaban J connectivity index is 2.14. The highest BCUT2D eigenvalue weighted by atomic mass is 127. The van der Waals surface area contributed by atoms with Crippen LogP contribution in [0.4, 0.5) is 5.95 Å². The van der Waals surface area contributed by atoms with E-state index >= 15 is 0 Å². The van der Waals surface area contributed by atoms with Crippen molar-refractivity contribution in [1.82, 2.24) is 9.55 Å². The van der Waals surface area contributed by atoms with Crippen LogP contribution in [0.5, 0.6) is 0 Å². The summed E-state index contributed by atoms with van der Waals surface area (Å²) in [6.07, 6.45) is 4.66. The molecule has 4 nitrogen and oxygen atoms in total. The van der Waals surface area contributed by atoms with Crippen LogP contribution in [0.15, 0.2) is 30.6 Å². The number of rotatable bonds is 6. The monoisotopic (exact) mass is 391 g/mol. The lowest BCUT2D eigenvalue weighted by Crippen LogP contribution is -2.09. The number of ether oxygens (including phenoxy) is 1. The van der Waals surface area contributed by atoms with Crippen LogP contribution in [0.1, 0.15) is 6.42 Å². The second-order valence-electron chi connectivity index (χ2n) is 3.99. The van der Waals surface area contributed by atoms with E-state index in [2.05, 4.69) is 32.9 Å². The quantitative estimate of drug-likeness (QED) is 0.604. The van der Waals surface area contributed by atoms with Crippen molar-refractivity contribution in [2.75, 3.05) is 25.6 Å². The zero-order valence-electron chi connectivity index (χ0n) is 10.6. The van der Waals surface area contributed by atoms with Gasteiger partial charge in [-0.1, -0.05) is 11.6 Å². The summed E-state index contributed by atoms with van der Waals surface area (Å²) < 4.78 is 8.13. The largest absolute Gasteiger partial charge is 0.385 e. The van der Waals surface area contributed by atoms with Crippen LogP contribution in [0.3, 0.4) is 0 Å². The molecule has 0 saturated heterocycles. The molecule has 0 unspecified atom stereocenters. The van der Waals surface area contributed by atoms with Crippen LogP contribution in [0.25, 0.3) is 5.69 Å². The number of aromatic nitrogens is 2. The molecule has 2 aromatic rings. The van der Waals surface area contributed by atoms with E-state index in [1.807, 2.05) is 29.0 Å².